The Morgan fingerprint density at radius 2 is 0.938 bits per heavy atom. The van der Waals surface area contributed by atoms with E-state index in [4.69, 9.17) is 9.11 Å². The van der Waals surface area contributed by atoms with Gasteiger partial charge < -0.3 is 0 Å². The standard InChI is InChI=1S/CH2O9S2.4Al.12H/c2-1(9-11(3,4)5)10-12(6,7)8;;;;;;;;;;;;;;;;/h(H,3,4,5)(H,6,7,8);;;;;;;;;;;;;;;;. The molecule has 0 aliphatic carbocycles. The van der Waals surface area contributed by atoms with Crippen molar-refractivity contribution in [2.75, 3.05) is 0 Å². The van der Waals surface area contributed by atoms with Crippen molar-refractivity contribution in [3.63, 3.8) is 0 Å². The second-order valence-electron chi connectivity index (χ2n) is 1.27. The van der Waals surface area contributed by atoms with Gasteiger partial charge in [0.2, 0.25) is 0 Å². The molecule has 96 valence electrons. The lowest BCUT2D eigenvalue weighted by Crippen LogP contribution is -2.16. The van der Waals surface area contributed by atoms with Crippen LogP contribution in [0.2, 0.25) is 0 Å². The van der Waals surface area contributed by atoms with Crippen LogP contribution in [0.1, 0.15) is 0 Å². The van der Waals surface area contributed by atoms with Crippen LogP contribution in [-0.4, -0.2) is 102 Å². The van der Waals surface area contributed by atoms with Gasteiger partial charge in [-0.2, -0.15) is 16.8 Å². The van der Waals surface area contributed by atoms with Crippen LogP contribution in [-0.2, 0) is 29.2 Å². The predicted octanol–water partition coefficient (Wildman–Crippen LogP) is -5.99. The van der Waals surface area contributed by atoms with Crippen LogP contribution in [0.25, 0.3) is 0 Å². The topological polar surface area (TPSA) is 144 Å². The Bertz CT molecular complexity index is 332. The fraction of sp³-hybridized carbons (Fsp3) is 0. The molecule has 2 N–H and O–H groups in total. The molecule has 0 aromatic carbocycles. The molecule has 15 heteroatoms. The lowest BCUT2D eigenvalue weighted by molar-refractivity contribution is 0.145. The van der Waals surface area contributed by atoms with Gasteiger partial charge in [0.25, 0.3) is 0 Å². The molecule has 0 aromatic rings. The molecule has 0 spiro atoms. The highest BCUT2D eigenvalue weighted by atomic mass is 32.3. The summed E-state index contributed by atoms with van der Waals surface area (Å²) in [5.74, 6) is 0. The lowest BCUT2D eigenvalue weighted by atomic mass is 11.5. The summed E-state index contributed by atoms with van der Waals surface area (Å²) in [5, 5.41) is 0. The van der Waals surface area contributed by atoms with Gasteiger partial charge in [-0.1, -0.05) is 0 Å². The van der Waals surface area contributed by atoms with E-state index in [0.717, 1.165) is 0 Å². The van der Waals surface area contributed by atoms with Crippen molar-refractivity contribution in [3.05, 3.63) is 0 Å². The molecule has 0 fully saturated rings. The molecule has 0 atom stereocenters. The summed E-state index contributed by atoms with van der Waals surface area (Å²) < 4.78 is 60.1. The van der Waals surface area contributed by atoms with E-state index in [2.05, 4.69) is 8.37 Å². The minimum Gasteiger partial charge on any atom is -0.290 e. The molecule has 0 radical (unpaired) electrons. The van der Waals surface area contributed by atoms with Crippen molar-refractivity contribution in [1.29, 1.82) is 0 Å². The van der Waals surface area contributed by atoms with Gasteiger partial charge in [0.05, 0.1) is 0 Å². The van der Waals surface area contributed by atoms with Gasteiger partial charge in [-0.25, -0.2) is 4.79 Å². The molecule has 16 heavy (non-hydrogen) atoms. The Balaban J connectivity index is -0.000000101. The SMILES string of the molecule is O=C(OS(=O)(=O)O)OS(=O)(=O)O.[AlH3].[AlH3].[AlH3].[AlH3]. The molecule has 0 bridgehead atoms. The largest absolute Gasteiger partial charge is 0.543 e. The zero-order valence-corrected chi connectivity index (χ0v) is 6.70. The zero-order chi connectivity index (χ0) is 9.99. The lowest BCUT2D eigenvalue weighted by Gasteiger charge is -1.97. The third kappa shape index (κ3) is 24.4. The van der Waals surface area contributed by atoms with Crippen molar-refractivity contribution in [1.82, 2.24) is 0 Å². The summed E-state index contributed by atoms with van der Waals surface area (Å²) >= 11 is 0. The monoisotopic (exact) mass is 342 g/mol. The molecule has 9 nitrogen and oxygen atoms in total. The third-order valence-corrected chi connectivity index (χ3v) is 1.04. The maximum absolute atomic E-state index is 9.95. The summed E-state index contributed by atoms with van der Waals surface area (Å²) in [6.45, 7) is 0. The van der Waals surface area contributed by atoms with Gasteiger partial charge in [-0.05, 0) is 0 Å². The number of carbonyl (C=O) groups excluding carboxylic acids is 1. The fourth-order valence-electron chi connectivity index (χ4n) is 0.186. The maximum Gasteiger partial charge on any atom is 0.543 e. The van der Waals surface area contributed by atoms with Crippen molar-refractivity contribution in [2.45, 2.75) is 0 Å². The van der Waals surface area contributed by atoms with E-state index in [1.807, 2.05) is 0 Å². The van der Waals surface area contributed by atoms with Crippen LogP contribution >= 0.6 is 0 Å². The van der Waals surface area contributed by atoms with Crippen molar-refractivity contribution in [2.24, 2.45) is 0 Å². The molecular weight excluding hydrogens is 328 g/mol. The predicted molar refractivity (Wildman–Crippen MR) is 70.4 cm³/mol. The quantitative estimate of drug-likeness (QED) is 0.370. The Morgan fingerprint density at radius 3 is 1.06 bits per heavy atom. The molecule has 0 saturated heterocycles. The van der Waals surface area contributed by atoms with E-state index in [1.54, 1.807) is 0 Å². The first-order valence-electron chi connectivity index (χ1n) is 1.98. The summed E-state index contributed by atoms with van der Waals surface area (Å²) in [7, 11) is -10.3. The number of rotatable bonds is 2. The van der Waals surface area contributed by atoms with Gasteiger partial charge in [-0.3, -0.25) is 17.5 Å². The Hall–Kier alpha value is 1.22. The van der Waals surface area contributed by atoms with E-state index in [0.29, 0.717) is 0 Å². The van der Waals surface area contributed by atoms with E-state index in [-0.39, 0.29) is 69.4 Å². The van der Waals surface area contributed by atoms with Crippen LogP contribution in [0.15, 0.2) is 0 Å². The molecule has 0 saturated carbocycles. The van der Waals surface area contributed by atoms with Crippen LogP contribution in [0.3, 0.4) is 0 Å². The second kappa shape index (κ2) is 11.3. The number of hydrogen-bond donors (Lipinski definition) is 2. The fourth-order valence-corrected chi connectivity index (χ4v) is 0.641. The summed E-state index contributed by atoms with van der Waals surface area (Å²) in [6.07, 6.45) is -2.29. The highest BCUT2D eigenvalue weighted by Gasteiger charge is 2.20. The van der Waals surface area contributed by atoms with Crippen molar-refractivity contribution < 1.29 is 39.1 Å². The molecule has 0 heterocycles. The highest BCUT2D eigenvalue weighted by molar-refractivity contribution is 7.82. The molecule has 0 amide bonds. The number of hydrogen-bond acceptors (Lipinski definition) is 7. The van der Waals surface area contributed by atoms with Crippen molar-refractivity contribution >= 4 is 96.4 Å². The third-order valence-electron chi connectivity index (χ3n) is 0.347. The molecule has 0 rings (SSSR count). The van der Waals surface area contributed by atoms with Crippen LogP contribution in [0.4, 0.5) is 4.79 Å². The normalized spacial score (nSPS) is 9.12. The van der Waals surface area contributed by atoms with Gasteiger partial charge in [0.15, 0.2) is 69.4 Å². The minimum absolute atomic E-state index is 0. The van der Waals surface area contributed by atoms with E-state index >= 15 is 0 Å². The first kappa shape index (κ1) is 30.3. The summed E-state index contributed by atoms with van der Waals surface area (Å²) in [5.41, 5.74) is 0. The van der Waals surface area contributed by atoms with Crippen LogP contribution < -0.4 is 0 Å². The first-order valence-corrected chi connectivity index (χ1v) is 4.71. The highest BCUT2D eigenvalue weighted by Crippen LogP contribution is 1.95. The average molecular weight is 342 g/mol. The molecule has 0 aromatic heterocycles. The summed E-state index contributed by atoms with van der Waals surface area (Å²) in [4.78, 5) is 9.95. The smallest absolute Gasteiger partial charge is 0.290 e. The first-order chi connectivity index (χ1) is 5.10. The number of carbonyl (C=O) groups is 1. The van der Waals surface area contributed by atoms with Gasteiger partial charge >= 0.3 is 27.0 Å². The van der Waals surface area contributed by atoms with Gasteiger partial charge in [-0.15, -0.1) is 0 Å². The Kier molecular flexibility index (Phi) is 21.5. The summed E-state index contributed by atoms with van der Waals surface area (Å²) in [6, 6.07) is 0. The second-order valence-corrected chi connectivity index (χ2v) is 3.32. The van der Waals surface area contributed by atoms with Crippen molar-refractivity contribution in [3.8, 4) is 0 Å². The molecule has 0 aliphatic rings. The van der Waals surface area contributed by atoms with Gasteiger partial charge in [0.1, 0.15) is 0 Å². The Labute approximate surface area is 134 Å². The van der Waals surface area contributed by atoms with E-state index in [9.17, 15) is 21.6 Å². The minimum atomic E-state index is -5.15. The average Bonchev–Trinajstić information content (AvgIpc) is 1.49. The van der Waals surface area contributed by atoms with E-state index < -0.39 is 27.0 Å². The Morgan fingerprint density at radius 1 is 0.750 bits per heavy atom. The van der Waals surface area contributed by atoms with E-state index in [1.165, 1.54) is 0 Å². The van der Waals surface area contributed by atoms with Crippen LogP contribution in [0.5, 0.6) is 0 Å². The maximum atomic E-state index is 9.95. The zero-order valence-electron chi connectivity index (χ0n) is 5.07. The van der Waals surface area contributed by atoms with Gasteiger partial charge in [0, 0.05) is 0 Å². The molecule has 0 aliphatic heterocycles. The van der Waals surface area contributed by atoms with Crippen LogP contribution in [0, 0.1) is 0 Å². The molecule has 0 unspecified atom stereocenters. The molecular formula is CH14Al4O9S2.